The molecule has 0 radical (unpaired) electrons. The van der Waals surface area contributed by atoms with Crippen LogP contribution < -0.4 is 0 Å². The molecule has 162 valence electrons. The van der Waals surface area contributed by atoms with Gasteiger partial charge in [-0.1, -0.05) is 25.5 Å². The van der Waals surface area contributed by atoms with Crippen LogP contribution in [0.15, 0.2) is 11.6 Å². The van der Waals surface area contributed by atoms with E-state index in [1.165, 1.54) is 51.4 Å². The zero-order chi connectivity index (χ0) is 20.2. The van der Waals surface area contributed by atoms with E-state index < -0.39 is 0 Å². The van der Waals surface area contributed by atoms with Crippen molar-refractivity contribution in [1.82, 2.24) is 0 Å². The zero-order valence-electron chi connectivity index (χ0n) is 18.8. The van der Waals surface area contributed by atoms with Gasteiger partial charge in [-0.25, -0.2) is 0 Å². The maximum absolute atomic E-state index is 12.3. The van der Waals surface area contributed by atoms with Crippen LogP contribution in [-0.2, 0) is 14.3 Å². The van der Waals surface area contributed by atoms with Crippen molar-refractivity contribution in [3.63, 3.8) is 0 Å². The molecule has 3 heteroatoms. The van der Waals surface area contributed by atoms with Crippen LogP contribution in [0, 0.1) is 34.5 Å². The molecule has 0 spiro atoms. The number of carbonyl (C=O) groups excluding carboxylic acids is 1. The fourth-order valence-electron chi connectivity index (χ4n) is 8.44. The molecular weight excluding hydrogens is 360 g/mol. The smallest absolute Gasteiger partial charge is 0.157 e. The maximum atomic E-state index is 12.3. The average Bonchev–Trinajstić information content (AvgIpc) is 3.06. The van der Waals surface area contributed by atoms with Gasteiger partial charge in [-0.15, -0.1) is 0 Å². The van der Waals surface area contributed by atoms with Crippen LogP contribution in [0.25, 0.3) is 0 Å². The molecule has 0 aromatic heterocycles. The average molecular weight is 401 g/mol. The second kappa shape index (κ2) is 7.48. The molecule has 5 aliphatic rings. The molecule has 0 aromatic carbocycles. The Labute approximate surface area is 177 Å². The topological polar surface area (TPSA) is 35.5 Å². The third kappa shape index (κ3) is 3.26. The Hall–Kier alpha value is -0.670. The Morgan fingerprint density at radius 1 is 1.07 bits per heavy atom. The van der Waals surface area contributed by atoms with Crippen LogP contribution >= 0.6 is 0 Å². The lowest BCUT2D eigenvalue weighted by atomic mass is 9.47. The second-order valence-electron chi connectivity index (χ2n) is 11.3. The minimum Gasteiger partial charge on any atom is -0.353 e. The molecule has 1 aliphatic heterocycles. The van der Waals surface area contributed by atoms with Crippen LogP contribution in [-0.4, -0.2) is 24.8 Å². The number of hydrogen-bond acceptors (Lipinski definition) is 3. The fourth-order valence-corrected chi connectivity index (χ4v) is 8.44. The summed E-state index contributed by atoms with van der Waals surface area (Å²) < 4.78 is 12.2. The van der Waals surface area contributed by atoms with Gasteiger partial charge < -0.3 is 9.47 Å². The van der Waals surface area contributed by atoms with Crippen molar-refractivity contribution < 1.29 is 14.3 Å². The number of allylic oxidation sites excluding steroid dienone is 1. The summed E-state index contributed by atoms with van der Waals surface area (Å²) in [5.74, 6) is 3.08. The van der Waals surface area contributed by atoms with Gasteiger partial charge in [0.2, 0.25) is 0 Å². The summed E-state index contributed by atoms with van der Waals surface area (Å²) in [7, 11) is 0. The Morgan fingerprint density at radius 2 is 1.93 bits per heavy atom. The van der Waals surface area contributed by atoms with Gasteiger partial charge in [0.05, 0.1) is 6.10 Å². The highest BCUT2D eigenvalue weighted by Gasteiger charge is 2.59. The Balaban J connectivity index is 1.32. The predicted octanol–water partition coefficient (Wildman–Crippen LogP) is 6.07. The number of Topliss-reactive ketones (excluding diaryl/α,β-unsaturated/α-hetero) is 1. The van der Waals surface area contributed by atoms with Gasteiger partial charge in [-0.05, 0) is 106 Å². The first-order valence-corrected chi connectivity index (χ1v) is 12.4. The van der Waals surface area contributed by atoms with E-state index in [0.29, 0.717) is 23.2 Å². The first-order chi connectivity index (χ1) is 13.9. The summed E-state index contributed by atoms with van der Waals surface area (Å²) in [6.45, 7) is 7.71. The van der Waals surface area contributed by atoms with Crippen LogP contribution in [0.2, 0.25) is 0 Å². The van der Waals surface area contributed by atoms with E-state index >= 15 is 0 Å². The highest BCUT2D eigenvalue weighted by molar-refractivity contribution is 5.79. The quantitative estimate of drug-likeness (QED) is 0.540. The zero-order valence-corrected chi connectivity index (χ0v) is 18.8. The number of rotatable bonds is 3. The number of carbonyl (C=O) groups is 1. The summed E-state index contributed by atoms with van der Waals surface area (Å²) in [5.41, 5.74) is 2.29. The van der Waals surface area contributed by atoms with E-state index in [9.17, 15) is 4.79 Å². The monoisotopic (exact) mass is 400 g/mol. The van der Waals surface area contributed by atoms with Gasteiger partial charge in [0.25, 0.3) is 0 Å². The van der Waals surface area contributed by atoms with Gasteiger partial charge in [0.15, 0.2) is 6.29 Å². The van der Waals surface area contributed by atoms with Gasteiger partial charge in [-0.2, -0.15) is 0 Å². The summed E-state index contributed by atoms with van der Waals surface area (Å²) in [6.07, 6.45) is 16.2. The van der Waals surface area contributed by atoms with Crippen molar-refractivity contribution in [3.8, 4) is 0 Å². The molecule has 1 saturated heterocycles. The molecule has 5 unspecified atom stereocenters. The lowest BCUT2D eigenvalue weighted by Gasteiger charge is -2.58. The first kappa shape index (κ1) is 20.2. The van der Waals surface area contributed by atoms with Crippen LogP contribution in [0.3, 0.4) is 0 Å². The Kier molecular flexibility index (Phi) is 5.22. The molecule has 0 amide bonds. The van der Waals surface area contributed by atoms with Crippen molar-refractivity contribution >= 4 is 5.78 Å². The van der Waals surface area contributed by atoms with Gasteiger partial charge in [-0.3, -0.25) is 4.79 Å². The number of ether oxygens (including phenoxy) is 2. The van der Waals surface area contributed by atoms with Crippen molar-refractivity contribution in [1.29, 1.82) is 0 Å². The van der Waals surface area contributed by atoms with E-state index in [1.807, 2.05) is 6.92 Å². The van der Waals surface area contributed by atoms with Crippen LogP contribution in [0.1, 0.15) is 91.4 Å². The van der Waals surface area contributed by atoms with Crippen LogP contribution in [0.5, 0.6) is 0 Å². The molecule has 4 aliphatic carbocycles. The summed E-state index contributed by atoms with van der Waals surface area (Å²) in [5, 5.41) is 0. The van der Waals surface area contributed by atoms with Crippen molar-refractivity contribution in [2.24, 2.45) is 34.5 Å². The third-order valence-corrected chi connectivity index (χ3v) is 10.0. The predicted molar refractivity (Wildman–Crippen MR) is 114 cm³/mol. The summed E-state index contributed by atoms with van der Waals surface area (Å²) in [6, 6.07) is 0. The molecular formula is C26H40O3. The molecule has 3 nitrogen and oxygen atoms in total. The summed E-state index contributed by atoms with van der Waals surface area (Å²) >= 11 is 0. The van der Waals surface area contributed by atoms with Crippen LogP contribution in [0.4, 0.5) is 0 Å². The lowest BCUT2D eigenvalue weighted by molar-refractivity contribution is -0.195. The van der Waals surface area contributed by atoms with E-state index in [2.05, 4.69) is 19.9 Å². The second-order valence-corrected chi connectivity index (χ2v) is 11.3. The number of ketones is 1. The standard InChI is InChI=1S/C26H40O3/c1-17(27)21-9-10-22-20-8-7-18-16-19(29-24-6-4-5-15-28-24)11-13-25(18,2)23(20)12-14-26(21,22)3/h7,19-24H,4-6,8-16H2,1-3H3/t19-,20?,21?,22?,23?,24?,25-,26+/m0/s1. The molecule has 4 fully saturated rings. The van der Waals surface area contributed by atoms with Gasteiger partial charge >= 0.3 is 0 Å². The first-order valence-electron chi connectivity index (χ1n) is 12.4. The van der Waals surface area contributed by atoms with Gasteiger partial charge in [0, 0.05) is 12.5 Å². The molecule has 0 aromatic rings. The fraction of sp³-hybridized carbons (Fsp3) is 0.885. The van der Waals surface area contributed by atoms with Crippen molar-refractivity contribution in [3.05, 3.63) is 11.6 Å². The Bertz CT molecular complexity index is 677. The maximum Gasteiger partial charge on any atom is 0.157 e. The number of fused-ring (bicyclic) bond motifs is 5. The van der Waals surface area contributed by atoms with Crippen molar-refractivity contribution in [2.75, 3.05) is 6.61 Å². The molecule has 8 atom stereocenters. The van der Waals surface area contributed by atoms with E-state index in [4.69, 9.17) is 9.47 Å². The highest BCUT2D eigenvalue weighted by Crippen LogP contribution is 2.66. The minimum absolute atomic E-state index is 0.0347. The summed E-state index contributed by atoms with van der Waals surface area (Å²) in [4.78, 5) is 12.3. The highest BCUT2D eigenvalue weighted by atomic mass is 16.7. The molecule has 5 rings (SSSR count). The van der Waals surface area contributed by atoms with E-state index in [1.54, 1.807) is 5.57 Å². The molecule has 0 bridgehead atoms. The van der Waals surface area contributed by atoms with E-state index in [-0.39, 0.29) is 11.7 Å². The van der Waals surface area contributed by atoms with Crippen molar-refractivity contribution in [2.45, 2.75) is 104 Å². The minimum atomic E-state index is 0.0347. The molecule has 3 saturated carbocycles. The molecule has 0 N–H and O–H groups in total. The molecule has 29 heavy (non-hydrogen) atoms. The SMILES string of the molecule is CC(=O)C1CCC2C3CC=C4C[C@@H](OC5CCCCO5)CC[C@]4(C)C3CC[C@]12C. The third-order valence-electron chi connectivity index (χ3n) is 10.0. The lowest BCUT2D eigenvalue weighted by Crippen LogP contribution is -2.51. The van der Waals surface area contributed by atoms with E-state index in [0.717, 1.165) is 43.6 Å². The number of hydrogen-bond donors (Lipinski definition) is 0. The normalized spacial score (nSPS) is 49.6. The molecule has 1 heterocycles. The largest absolute Gasteiger partial charge is 0.353 e. The Morgan fingerprint density at radius 3 is 2.69 bits per heavy atom. The van der Waals surface area contributed by atoms with Gasteiger partial charge in [0.1, 0.15) is 5.78 Å².